The first-order chi connectivity index (χ1) is 11.4. The molecule has 0 radical (unpaired) electrons. The van der Waals surface area contributed by atoms with Gasteiger partial charge >= 0.3 is 0 Å². The van der Waals surface area contributed by atoms with Crippen molar-refractivity contribution in [2.24, 2.45) is 5.92 Å². The number of nitrogens with zero attached hydrogens (tertiary/aromatic N) is 3. The van der Waals surface area contributed by atoms with E-state index in [1.807, 2.05) is 0 Å². The van der Waals surface area contributed by atoms with Crippen molar-refractivity contribution in [2.75, 3.05) is 18.1 Å². The van der Waals surface area contributed by atoms with Gasteiger partial charge in [-0.2, -0.15) is 4.98 Å². The molecule has 128 valence electrons. The summed E-state index contributed by atoms with van der Waals surface area (Å²) in [5, 5.41) is 10.8. The van der Waals surface area contributed by atoms with Gasteiger partial charge in [-0.05, 0) is 30.0 Å². The predicted octanol–water partition coefficient (Wildman–Crippen LogP) is 2.78. The number of nitrogens with two attached hydrogens (primary N) is 2. The summed E-state index contributed by atoms with van der Waals surface area (Å²) in [6.07, 6.45) is 0.933. The molecule has 0 aliphatic rings. The monoisotopic (exact) mass is 331 g/mol. The maximum absolute atomic E-state index is 10.8. The largest absolute Gasteiger partial charge is 0.383 e. The summed E-state index contributed by atoms with van der Waals surface area (Å²) in [6.45, 7) is 5.08. The second-order valence-electron chi connectivity index (χ2n) is 5.83. The number of hydrogen-bond donors (Lipinski definition) is 2. The van der Waals surface area contributed by atoms with E-state index in [1.165, 1.54) is 12.1 Å². The normalized spacial score (nSPS) is 11.0. The maximum Gasteiger partial charge on any atom is 0.269 e. The highest BCUT2D eigenvalue weighted by atomic mass is 16.6. The third-order valence-corrected chi connectivity index (χ3v) is 3.47. The second-order valence-corrected chi connectivity index (χ2v) is 5.83. The predicted molar refractivity (Wildman–Crippen MR) is 92.1 cm³/mol. The molecular formula is C16H21N5O3. The van der Waals surface area contributed by atoms with Gasteiger partial charge in [0.2, 0.25) is 5.95 Å². The Bertz CT molecular complexity index is 716. The molecule has 0 amide bonds. The molecule has 24 heavy (non-hydrogen) atoms. The molecule has 2 aromatic rings. The summed E-state index contributed by atoms with van der Waals surface area (Å²) in [5.74, 6) is 0.833. The van der Waals surface area contributed by atoms with E-state index in [0.717, 1.165) is 6.42 Å². The molecule has 8 heteroatoms. The molecule has 1 heterocycles. The number of nitro benzene ring substituents is 1. The fourth-order valence-corrected chi connectivity index (χ4v) is 2.20. The highest BCUT2D eigenvalue weighted by molar-refractivity contribution is 5.77. The molecule has 0 fully saturated rings. The van der Waals surface area contributed by atoms with Crippen LogP contribution in [0.15, 0.2) is 24.3 Å². The topological polar surface area (TPSA) is 130 Å². The lowest BCUT2D eigenvalue weighted by atomic mass is 10.0. The van der Waals surface area contributed by atoms with Crippen LogP contribution in [0.3, 0.4) is 0 Å². The van der Waals surface area contributed by atoms with Crippen molar-refractivity contribution in [3.05, 3.63) is 40.1 Å². The molecule has 0 aliphatic carbocycles. The second kappa shape index (κ2) is 7.69. The zero-order valence-corrected chi connectivity index (χ0v) is 13.7. The van der Waals surface area contributed by atoms with Crippen molar-refractivity contribution >= 4 is 17.5 Å². The lowest BCUT2D eigenvalue weighted by molar-refractivity contribution is -0.384. The average molecular weight is 331 g/mol. The first kappa shape index (κ1) is 17.6. The van der Waals surface area contributed by atoms with Gasteiger partial charge in [0.05, 0.1) is 17.2 Å². The summed E-state index contributed by atoms with van der Waals surface area (Å²) < 4.78 is 5.66. The van der Waals surface area contributed by atoms with Gasteiger partial charge in [-0.1, -0.05) is 13.8 Å². The number of ether oxygens (including phenoxy) is 1. The van der Waals surface area contributed by atoms with Crippen molar-refractivity contribution < 1.29 is 9.66 Å². The molecule has 0 saturated carbocycles. The van der Waals surface area contributed by atoms with E-state index in [0.29, 0.717) is 29.3 Å². The molecule has 0 atom stereocenters. The number of rotatable bonds is 7. The molecule has 0 aliphatic heterocycles. The van der Waals surface area contributed by atoms with Gasteiger partial charge < -0.3 is 16.2 Å². The molecule has 0 bridgehead atoms. The van der Waals surface area contributed by atoms with Crippen LogP contribution in [0.1, 0.15) is 26.0 Å². The van der Waals surface area contributed by atoms with Gasteiger partial charge in [0.1, 0.15) is 5.82 Å². The Kier molecular flexibility index (Phi) is 5.64. The maximum atomic E-state index is 10.8. The zero-order chi connectivity index (χ0) is 17.7. The van der Waals surface area contributed by atoms with Crippen molar-refractivity contribution in [1.29, 1.82) is 0 Å². The molecule has 1 aromatic heterocycles. The van der Waals surface area contributed by atoms with Crippen molar-refractivity contribution in [2.45, 2.75) is 26.9 Å². The summed E-state index contributed by atoms with van der Waals surface area (Å²) in [6, 6.07) is 6.05. The third-order valence-electron chi connectivity index (χ3n) is 3.47. The Labute approximate surface area is 140 Å². The van der Waals surface area contributed by atoms with Crippen LogP contribution in [-0.4, -0.2) is 21.5 Å². The van der Waals surface area contributed by atoms with Crippen LogP contribution in [-0.2, 0) is 11.3 Å². The Morgan fingerprint density at radius 1 is 1.21 bits per heavy atom. The molecule has 4 N–H and O–H groups in total. The van der Waals surface area contributed by atoms with Gasteiger partial charge in [-0.15, -0.1) is 0 Å². The van der Waals surface area contributed by atoms with Crippen LogP contribution in [0.4, 0.5) is 17.5 Å². The van der Waals surface area contributed by atoms with E-state index in [-0.39, 0.29) is 24.1 Å². The number of nitrogen functional groups attached to an aromatic ring is 2. The van der Waals surface area contributed by atoms with Crippen LogP contribution in [0.5, 0.6) is 0 Å². The van der Waals surface area contributed by atoms with Crippen LogP contribution in [0.25, 0.3) is 11.1 Å². The van der Waals surface area contributed by atoms with Crippen LogP contribution >= 0.6 is 0 Å². The van der Waals surface area contributed by atoms with E-state index < -0.39 is 4.92 Å². The lowest BCUT2D eigenvalue weighted by Crippen LogP contribution is -2.09. The molecule has 0 saturated heterocycles. The molecule has 1 aromatic carbocycles. The van der Waals surface area contributed by atoms with Gasteiger partial charge in [0.15, 0.2) is 0 Å². The van der Waals surface area contributed by atoms with Crippen molar-refractivity contribution in [1.82, 2.24) is 9.97 Å². The number of nitro groups is 1. The van der Waals surface area contributed by atoms with Crippen molar-refractivity contribution in [3.63, 3.8) is 0 Å². The van der Waals surface area contributed by atoms with E-state index in [1.54, 1.807) is 12.1 Å². The fraction of sp³-hybridized carbons (Fsp3) is 0.375. The Morgan fingerprint density at radius 3 is 2.46 bits per heavy atom. The number of non-ortho nitro benzene ring substituents is 1. The molecule has 0 unspecified atom stereocenters. The number of aromatic nitrogens is 2. The first-order valence-corrected chi connectivity index (χ1v) is 7.63. The highest BCUT2D eigenvalue weighted by Gasteiger charge is 2.15. The van der Waals surface area contributed by atoms with E-state index >= 15 is 0 Å². The van der Waals surface area contributed by atoms with Crippen molar-refractivity contribution in [3.8, 4) is 11.1 Å². The Balaban J connectivity index is 2.28. The van der Waals surface area contributed by atoms with Gasteiger partial charge in [0.25, 0.3) is 5.69 Å². The zero-order valence-electron chi connectivity index (χ0n) is 13.7. The number of hydrogen-bond acceptors (Lipinski definition) is 7. The average Bonchev–Trinajstić information content (AvgIpc) is 2.51. The van der Waals surface area contributed by atoms with Crippen LogP contribution in [0.2, 0.25) is 0 Å². The summed E-state index contributed by atoms with van der Waals surface area (Å²) >= 11 is 0. The molecule has 2 rings (SSSR count). The standard InChI is InChI=1S/C16H21N5O3/c1-10(2)7-8-24-9-13-14(15(17)20-16(18)19-13)11-3-5-12(6-4-11)21(22)23/h3-6,10H,7-9H2,1-2H3,(H4,17,18,19,20). The van der Waals surface area contributed by atoms with E-state index in [9.17, 15) is 10.1 Å². The quantitative estimate of drug-likeness (QED) is 0.453. The van der Waals surface area contributed by atoms with Gasteiger partial charge in [0, 0.05) is 24.3 Å². The molecule has 0 spiro atoms. The van der Waals surface area contributed by atoms with Gasteiger partial charge in [-0.25, -0.2) is 4.98 Å². The molecular weight excluding hydrogens is 310 g/mol. The third kappa shape index (κ3) is 4.39. The Morgan fingerprint density at radius 2 is 1.88 bits per heavy atom. The lowest BCUT2D eigenvalue weighted by Gasteiger charge is -2.13. The summed E-state index contributed by atoms with van der Waals surface area (Å²) in [7, 11) is 0. The minimum absolute atomic E-state index is 0.00317. The van der Waals surface area contributed by atoms with Gasteiger partial charge in [-0.3, -0.25) is 10.1 Å². The Hall–Kier alpha value is -2.74. The first-order valence-electron chi connectivity index (χ1n) is 7.63. The number of benzene rings is 1. The minimum Gasteiger partial charge on any atom is -0.383 e. The SMILES string of the molecule is CC(C)CCOCc1nc(N)nc(N)c1-c1ccc([N+](=O)[O-])cc1. The van der Waals surface area contributed by atoms with Crippen LogP contribution in [0, 0.1) is 16.0 Å². The van der Waals surface area contributed by atoms with E-state index in [4.69, 9.17) is 16.2 Å². The fourth-order valence-electron chi connectivity index (χ4n) is 2.20. The summed E-state index contributed by atoms with van der Waals surface area (Å²) in [5.41, 5.74) is 13.5. The minimum atomic E-state index is -0.456. The van der Waals surface area contributed by atoms with Crippen LogP contribution < -0.4 is 11.5 Å². The molecule has 8 nitrogen and oxygen atoms in total. The number of anilines is 2. The van der Waals surface area contributed by atoms with E-state index in [2.05, 4.69) is 23.8 Å². The highest BCUT2D eigenvalue weighted by Crippen LogP contribution is 2.30. The summed E-state index contributed by atoms with van der Waals surface area (Å²) in [4.78, 5) is 18.5. The smallest absolute Gasteiger partial charge is 0.269 e.